The Morgan fingerprint density at radius 3 is 2.12 bits per heavy atom. The van der Waals surface area contributed by atoms with Crippen LogP contribution < -0.4 is 10.6 Å². The summed E-state index contributed by atoms with van der Waals surface area (Å²) in [6, 6.07) is 35.4. The minimum atomic E-state index is -0.533. The van der Waals surface area contributed by atoms with E-state index in [4.69, 9.17) is 9.47 Å². The summed E-state index contributed by atoms with van der Waals surface area (Å²) in [6.07, 6.45) is 7.55. The molecule has 0 spiro atoms. The number of benzene rings is 4. The van der Waals surface area contributed by atoms with Gasteiger partial charge in [0.05, 0.1) is 18.8 Å². The van der Waals surface area contributed by atoms with Crippen molar-refractivity contribution >= 4 is 6.03 Å². The van der Waals surface area contributed by atoms with Gasteiger partial charge in [0.2, 0.25) is 0 Å². The van der Waals surface area contributed by atoms with Gasteiger partial charge in [-0.05, 0) is 109 Å². The Bertz CT molecular complexity index is 1760. The van der Waals surface area contributed by atoms with Gasteiger partial charge in [-0.2, -0.15) is 0 Å². The molecule has 4 saturated carbocycles. The lowest BCUT2D eigenvalue weighted by Gasteiger charge is -2.56. The zero-order valence-corrected chi connectivity index (χ0v) is 29.7. The molecule has 0 unspecified atom stereocenters. The Kier molecular flexibility index (Phi) is 9.97. The van der Waals surface area contributed by atoms with E-state index in [0.29, 0.717) is 6.54 Å². The lowest BCUT2D eigenvalue weighted by molar-refractivity contribution is -0.252. The quantitative estimate of drug-likeness (QED) is 0.148. The number of ether oxygens (including phenoxy) is 2. The van der Waals surface area contributed by atoms with Crippen LogP contribution in [0.1, 0.15) is 85.2 Å². The molecule has 266 valence electrons. The highest BCUT2D eigenvalue weighted by Crippen LogP contribution is 2.55. The molecule has 5 aliphatic rings. The van der Waals surface area contributed by atoms with Gasteiger partial charge in [0.15, 0.2) is 6.29 Å². The zero-order valence-electron chi connectivity index (χ0n) is 29.7. The predicted molar refractivity (Wildman–Crippen MR) is 199 cm³/mol. The summed E-state index contributed by atoms with van der Waals surface area (Å²) in [4.78, 5) is 15.5. The van der Waals surface area contributed by atoms with Crippen molar-refractivity contribution in [3.05, 3.63) is 131 Å². The Hall–Kier alpha value is -4.01. The third-order valence-corrected chi connectivity index (χ3v) is 11.7. The van der Waals surface area contributed by atoms with E-state index < -0.39 is 6.29 Å². The third kappa shape index (κ3) is 8.07. The second-order valence-electron chi connectivity index (χ2n) is 15.9. The van der Waals surface area contributed by atoms with Crippen LogP contribution in [0.15, 0.2) is 103 Å². The van der Waals surface area contributed by atoms with Gasteiger partial charge in [-0.1, -0.05) is 91.0 Å². The van der Waals surface area contributed by atoms with Gasteiger partial charge in [0.25, 0.3) is 0 Å². The van der Waals surface area contributed by atoms with Gasteiger partial charge in [-0.25, -0.2) is 4.79 Å². The molecule has 3 N–H and O–H groups in total. The molecule has 0 radical (unpaired) electrons. The Morgan fingerprint density at radius 1 is 0.745 bits per heavy atom. The van der Waals surface area contributed by atoms with E-state index in [-0.39, 0.29) is 30.4 Å². The van der Waals surface area contributed by atoms with Gasteiger partial charge in [-0.3, -0.25) is 4.90 Å². The average Bonchev–Trinajstić information content (AvgIpc) is 3.14. The van der Waals surface area contributed by atoms with Crippen molar-refractivity contribution in [2.24, 2.45) is 17.8 Å². The molecule has 7 heteroatoms. The number of hydrogen-bond donors (Lipinski definition) is 3. The van der Waals surface area contributed by atoms with Crippen molar-refractivity contribution in [3.63, 3.8) is 0 Å². The van der Waals surface area contributed by atoms with Crippen molar-refractivity contribution in [2.45, 2.75) is 88.7 Å². The van der Waals surface area contributed by atoms with E-state index in [9.17, 15) is 9.90 Å². The highest BCUT2D eigenvalue weighted by Gasteiger charge is 2.51. The monoisotopic (exact) mass is 685 g/mol. The van der Waals surface area contributed by atoms with Gasteiger partial charge < -0.3 is 25.2 Å². The Morgan fingerprint density at radius 2 is 1.41 bits per heavy atom. The fraction of sp³-hybridized carbons (Fsp3) is 0.432. The van der Waals surface area contributed by atoms with Crippen molar-refractivity contribution in [1.29, 1.82) is 0 Å². The minimum absolute atomic E-state index is 0.00257. The lowest BCUT2D eigenvalue weighted by atomic mass is 9.53. The Balaban J connectivity index is 0.950. The first kappa shape index (κ1) is 34.1. The second kappa shape index (κ2) is 14.9. The largest absolute Gasteiger partial charge is 0.392 e. The third-order valence-electron chi connectivity index (χ3n) is 11.7. The fourth-order valence-electron chi connectivity index (χ4n) is 9.80. The number of amides is 2. The second-order valence-corrected chi connectivity index (χ2v) is 15.9. The summed E-state index contributed by atoms with van der Waals surface area (Å²) in [5.41, 5.74) is 7.44. The van der Waals surface area contributed by atoms with Gasteiger partial charge >= 0.3 is 6.03 Å². The maximum atomic E-state index is 13.2. The molecule has 3 atom stereocenters. The molecule has 1 heterocycles. The summed E-state index contributed by atoms with van der Waals surface area (Å²) in [5, 5.41) is 16.2. The van der Waals surface area contributed by atoms with E-state index >= 15 is 0 Å². The summed E-state index contributed by atoms with van der Waals surface area (Å²) in [7, 11) is 2.14. The predicted octanol–water partition coefficient (Wildman–Crippen LogP) is 8.29. The molecule has 0 aromatic heterocycles. The van der Waals surface area contributed by atoms with Crippen LogP contribution in [0.4, 0.5) is 4.79 Å². The van der Waals surface area contributed by atoms with Crippen LogP contribution in [0.5, 0.6) is 0 Å². The van der Waals surface area contributed by atoms with Gasteiger partial charge in [-0.15, -0.1) is 0 Å². The molecule has 9 rings (SSSR count). The molecule has 2 amide bonds. The summed E-state index contributed by atoms with van der Waals surface area (Å²) >= 11 is 0. The van der Waals surface area contributed by atoms with Crippen LogP contribution in [0.3, 0.4) is 0 Å². The van der Waals surface area contributed by atoms with Crippen LogP contribution in [-0.2, 0) is 29.2 Å². The molecular formula is C44H51N3O4. The zero-order chi connectivity index (χ0) is 34.8. The van der Waals surface area contributed by atoms with Crippen LogP contribution in [0.25, 0.3) is 11.1 Å². The van der Waals surface area contributed by atoms with Gasteiger partial charge in [0.1, 0.15) is 0 Å². The first-order valence-electron chi connectivity index (χ1n) is 18.9. The first-order chi connectivity index (χ1) is 24.9. The smallest absolute Gasteiger partial charge is 0.315 e. The van der Waals surface area contributed by atoms with E-state index in [1.54, 1.807) is 0 Å². The van der Waals surface area contributed by atoms with E-state index in [1.807, 2.05) is 18.2 Å². The van der Waals surface area contributed by atoms with E-state index in [0.717, 1.165) is 89.9 Å². The SMILES string of the molecule is CN(Cc1ccccc1)C[C@@H]1C[C@H](c2ccc(CO)cc2)O[C@H](c2cccc(-c3cccc(CNC(=O)NC45CC6CC(CC(C6)C4)C5)c3)c2)O1. The van der Waals surface area contributed by atoms with Crippen LogP contribution in [0.2, 0.25) is 0 Å². The summed E-state index contributed by atoms with van der Waals surface area (Å²) in [5.74, 6) is 2.39. The molecule has 7 nitrogen and oxygen atoms in total. The van der Waals surface area contributed by atoms with Crippen LogP contribution in [-0.4, -0.2) is 41.3 Å². The topological polar surface area (TPSA) is 83.1 Å². The lowest BCUT2D eigenvalue weighted by Crippen LogP contribution is -2.61. The summed E-state index contributed by atoms with van der Waals surface area (Å²) in [6.45, 7) is 2.11. The number of carbonyl (C=O) groups is 1. The normalized spacial score (nSPS) is 28.1. The number of rotatable bonds is 11. The maximum absolute atomic E-state index is 13.2. The highest BCUT2D eigenvalue weighted by molar-refractivity contribution is 5.75. The molecule has 51 heavy (non-hydrogen) atoms. The molecule has 4 aromatic rings. The standard InChI is InChI=1S/C44H51N3O4/c1-47(27-30-7-3-2-4-8-30)28-40-22-41(36-15-13-31(29-48)14-16-36)51-42(50-40)39-12-6-11-38(21-39)37-10-5-9-32(20-37)26-45-43(49)46-44-23-33-17-34(24-44)19-35(18-33)25-44/h2-16,20-21,33-35,40-42,48H,17-19,22-29H2,1H3,(H2,45,46,49)/t33?,34?,35?,40-,41+,42+,44?/m0/s1. The molecule has 4 bridgehead atoms. The maximum Gasteiger partial charge on any atom is 0.315 e. The minimum Gasteiger partial charge on any atom is -0.392 e. The molecule has 1 saturated heterocycles. The summed E-state index contributed by atoms with van der Waals surface area (Å²) < 4.78 is 13.4. The molecular weight excluding hydrogens is 635 g/mol. The van der Waals surface area contributed by atoms with Crippen LogP contribution in [0, 0.1) is 17.8 Å². The highest BCUT2D eigenvalue weighted by atomic mass is 16.7. The van der Waals surface area contributed by atoms with Crippen molar-refractivity contribution in [2.75, 3.05) is 13.6 Å². The molecule has 1 aliphatic heterocycles. The number of aliphatic hydroxyl groups is 1. The number of nitrogens with one attached hydrogen (secondary N) is 2. The number of aliphatic hydroxyl groups excluding tert-OH is 1. The van der Waals surface area contributed by atoms with Crippen LogP contribution >= 0.6 is 0 Å². The van der Waals surface area contributed by atoms with Gasteiger partial charge in [0, 0.05) is 37.2 Å². The number of nitrogens with zero attached hydrogens (tertiary/aromatic N) is 1. The molecule has 4 aromatic carbocycles. The Labute approximate surface area is 302 Å². The molecule has 5 fully saturated rings. The van der Waals surface area contributed by atoms with E-state index in [1.165, 1.54) is 24.8 Å². The van der Waals surface area contributed by atoms with E-state index in [2.05, 4.69) is 108 Å². The molecule has 4 aliphatic carbocycles. The first-order valence-corrected chi connectivity index (χ1v) is 18.9. The number of carbonyl (C=O) groups excluding carboxylic acids is 1. The average molecular weight is 686 g/mol. The van der Waals surface area contributed by atoms with Crippen molar-refractivity contribution < 1.29 is 19.4 Å². The fourth-order valence-corrected chi connectivity index (χ4v) is 9.80. The number of hydrogen-bond acceptors (Lipinski definition) is 5. The van der Waals surface area contributed by atoms with Crippen molar-refractivity contribution in [3.8, 4) is 11.1 Å². The number of urea groups is 1. The van der Waals surface area contributed by atoms with Crippen molar-refractivity contribution in [1.82, 2.24) is 15.5 Å². The number of likely N-dealkylation sites (N-methyl/N-ethyl adjacent to an activating group) is 1.